The first kappa shape index (κ1) is 69.9. The van der Waals surface area contributed by atoms with Crippen LogP contribution in [0.5, 0.6) is 28.7 Å². The Morgan fingerprint density at radius 2 is 0.957 bits per heavy atom. The third kappa shape index (κ3) is 14.7. The van der Waals surface area contributed by atoms with Gasteiger partial charge >= 0.3 is 11.9 Å². The van der Waals surface area contributed by atoms with Gasteiger partial charge in [0.15, 0.2) is 41.3 Å². The third-order valence-electron chi connectivity index (χ3n) is 16.3. The molecule has 0 spiro atoms. The van der Waals surface area contributed by atoms with Crippen LogP contribution >= 0.6 is 0 Å². The number of hydrogen-bond donors (Lipinski definition) is 20. The molecule has 20 N–H and O–H groups in total. The summed E-state index contributed by atoms with van der Waals surface area (Å²) in [6, 6.07) is 11.6. The molecule has 0 radical (unpaired) electrons. The van der Waals surface area contributed by atoms with Crippen molar-refractivity contribution < 1.29 is 173 Å². The number of esters is 2. The zero-order valence-electron chi connectivity index (χ0n) is 48.9. The molecule has 0 amide bonds. The molecule has 3 aromatic rings. The molecule has 26 atom stereocenters. The molecule has 1 aliphatic carbocycles. The van der Waals surface area contributed by atoms with E-state index >= 15 is 0 Å². The summed E-state index contributed by atoms with van der Waals surface area (Å²) in [4.78, 5) is 26.2. The van der Waals surface area contributed by atoms with Gasteiger partial charge < -0.3 is 164 Å². The normalized spacial score (nSPS) is 38.4. The van der Waals surface area contributed by atoms with Gasteiger partial charge in [0.2, 0.25) is 18.9 Å². The molecule has 0 saturated carbocycles. The summed E-state index contributed by atoms with van der Waals surface area (Å²) in [5, 5.41) is 214. The van der Waals surface area contributed by atoms with Crippen molar-refractivity contribution in [2.24, 2.45) is 0 Å². The Balaban J connectivity index is 0.851. The number of allylic oxidation sites excluding steroid dienone is 2. The van der Waals surface area contributed by atoms with Crippen LogP contribution in [0.2, 0.25) is 0 Å². The van der Waals surface area contributed by atoms with Crippen LogP contribution in [-0.2, 0) is 56.8 Å². The highest BCUT2D eigenvalue weighted by atomic mass is 16.8. The number of hydrogen-bond acceptors (Lipinski definition) is 35. The van der Waals surface area contributed by atoms with Gasteiger partial charge in [0.05, 0.1) is 30.4 Å². The van der Waals surface area contributed by atoms with E-state index in [9.17, 15) is 112 Å². The first-order chi connectivity index (χ1) is 44.6. The van der Waals surface area contributed by atoms with Crippen LogP contribution in [0.1, 0.15) is 33.2 Å². The molecule has 516 valence electrons. The second-order valence-corrected chi connectivity index (χ2v) is 22.8. The molecule has 10 rings (SSSR count). The summed E-state index contributed by atoms with van der Waals surface area (Å²) in [7, 11) is 0. The number of phenolic OH excluding ortho intramolecular Hbond substituents is 4. The maximum absolute atomic E-state index is 13.6. The summed E-state index contributed by atoms with van der Waals surface area (Å²) in [5.74, 6) is -6.61. The molecular formula is C59H70O35. The smallest absolute Gasteiger partial charge is 0.338 e. The number of phenols is 4. The minimum atomic E-state index is -2.17. The molecule has 0 bridgehead atoms. The minimum Gasteiger partial charge on any atom is -0.508 e. The highest BCUT2D eigenvalue weighted by Gasteiger charge is 2.53. The standard InChI is InChI=1S/C59H70O35/c1-19-36(65)42(71)46(75)55(85-19)84-18-34-40(69)45(74)48(77)57(92-34)89-31-14-26-27(62)12-25(13-30(26)88-51(31)22-10-28(63)37(66)29(64)11-22)87-59-50(79)52(94-58-49(78)43(72)38(67)32(15-60)90-58)41(70)35(93-59)17-83-54(81)21-4-8-24(9-5-21)86-56-47(76)44(73)39(68)33(91-56)16-82-53(80)20-2-6-23(61)7-3-20/h2-14,19,27,32-36,38-50,52,55-79H,15-18H2,1H3/t19?,27?,32?,33?,34?,35?,36-,38+,39+,40+,41+,42-,43-,44-,45-,46?,47?,48?,49?,50?,52-,55+,56+,57+,58-,59+/m0/s1. The van der Waals surface area contributed by atoms with Gasteiger partial charge in [0.1, 0.15) is 158 Å². The van der Waals surface area contributed by atoms with E-state index in [1.807, 2.05) is 0 Å². The predicted octanol–water partition coefficient (Wildman–Crippen LogP) is -6.51. The molecule has 35 heteroatoms. The van der Waals surface area contributed by atoms with Crippen molar-refractivity contribution in [3.8, 4) is 28.7 Å². The molecule has 6 aliphatic heterocycles. The Labute approximate surface area is 529 Å². The highest BCUT2D eigenvalue weighted by molar-refractivity contribution is 5.90. The topological polar surface area (TPSA) is 559 Å². The largest absolute Gasteiger partial charge is 0.508 e. The van der Waals surface area contributed by atoms with E-state index in [0.717, 1.165) is 30.4 Å². The van der Waals surface area contributed by atoms with Crippen LogP contribution in [-0.4, -0.2) is 300 Å². The summed E-state index contributed by atoms with van der Waals surface area (Å²) >= 11 is 0. The fraction of sp³-hybridized carbons (Fsp3) is 0.525. The molecule has 5 saturated heterocycles. The first-order valence-electron chi connectivity index (χ1n) is 29.0. The average molecular weight is 1340 g/mol. The zero-order valence-corrected chi connectivity index (χ0v) is 48.9. The lowest BCUT2D eigenvalue weighted by Gasteiger charge is -2.46. The van der Waals surface area contributed by atoms with Crippen LogP contribution in [0.4, 0.5) is 0 Å². The molecule has 94 heavy (non-hydrogen) atoms. The number of aliphatic hydroxyl groups excluding tert-OH is 16. The van der Waals surface area contributed by atoms with Crippen molar-refractivity contribution in [1.29, 1.82) is 0 Å². The highest BCUT2D eigenvalue weighted by Crippen LogP contribution is 2.44. The second kappa shape index (κ2) is 29.2. The number of carbonyl (C=O) groups excluding carboxylic acids is 2. The lowest BCUT2D eigenvalue weighted by molar-refractivity contribution is -0.356. The number of carbonyl (C=O) groups is 2. The Kier molecular flexibility index (Phi) is 21.7. The maximum atomic E-state index is 13.6. The SMILES string of the molecule is CC1O[C@@H](OCC2O[C@@H](OC3=C(c4cc(O)c(O)c(O)c4)OC4=CC(O[C@@H]5OC(COC(=O)c6ccc(O[C@@H]7OC(COC(=O)c8ccc(O)cc8)[C@@H](O)[C@H](O)C7O)cc6)[C@@H](O)[C@H](O[C@@H]6OC(CO)[C@@H](O)[C@H](O)C6O)C5O)=CC(O)C4=C3)C(O)[C@@H](O)[C@@H]2O)C(O)[C@@H](O)[C@H]1O. The Morgan fingerprint density at radius 1 is 0.479 bits per heavy atom. The molecule has 35 nitrogen and oxygen atoms in total. The van der Waals surface area contributed by atoms with E-state index in [1.165, 1.54) is 55.5 Å². The number of benzene rings is 3. The zero-order chi connectivity index (χ0) is 67.9. The van der Waals surface area contributed by atoms with Gasteiger partial charge in [0.25, 0.3) is 0 Å². The van der Waals surface area contributed by atoms with Crippen molar-refractivity contribution in [1.82, 2.24) is 0 Å². The van der Waals surface area contributed by atoms with Gasteiger partial charge in [-0.15, -0.1) is 0 Å². The maximum Gasteiger partial charge on any atom is 0.338 e. The van der Waals surface area contributed by atoms with E-state index < -0.39 is 233 Å². The first-order valence-corrected chi connectivity index (χ1v) is 29.0. The lowest BCUT2D eigenvalue weighted by atomic mass is 9.96. The lowest BCUT2D eigenvalue weighted by Crippen LogP contribution is -2.64. The summed E-state index contributed by atoms with van der Waals surface area (Å²) < 4.78 is 74.3. The molecule has 11 unspecified atom stereocenters. The number of aromatic hydroxyl groups is 4. The third-order valence-corrected chi connectivity index (χ3v) is 16.3. The summed E-state index contributed by atoms with van der Waals surface area (Å²) in [5.41, 5.74) is -0.587. The fourth-order valence-corrected chi connectivity index (χ4v) is 10.8. The van der Waals surface area contributed by atoms with Crippen molar-refractivity contribution in [2.75, 3.05) is 26.4 Å². The van der Waals surface area contributed by atoms with Crippen LogP contribution in [0.25, 0.3) is 5.76 Å². The van der Waals surface area contributed by atoms with Crippen molar-refractivity contribution in [3.05, 3.63) is 118 Å². The molecule has 5 fully saturated rings. The number of fused-ring (bicyclic) bond motifs is 1. The van der Waals surface area contributed by atoms with Crippen LogP contribution in [0, 0.1) is 0 Å². The Hall–Kier alpha value is -6.96. The molecule has 0 aromatic heterocycles. The molecular weight excluding hydrogens is 1270 g/mol. The van der Waals surface area contributed by atoms with Crippen molar-refractivity contribution in [2.45, 2.75) is 167 Å². The van der Waals surface area contributed by atoms with Gasteiger partial charge in [-0.05, 0) is 79.7 Å². The Morgan fingerprint density at radius 3 is 1.53 bits per heavy atom. The van der Waals surface area contributed by atoms with Gasteiger partial charge in [-0.1, -0.05) is 0 Å². The van der Waals surface area contributed by atoms with Gasteiger partial charge in [-0.3, -0.25) is 0 Å². The van der Waals surface area contributed by atoms with E-state index in [4.69, 9.17) is 61.6 Å². The van der Waals surface area contributed by atoms with E-state index in [2.05, 4.69) is 0 Å². The van der Waals surface area contributed by atoms with Gasteiger partial charge in [0, 0.05) is 17.2 Å². The number of aliphatic hydroxyl groups is 16. The van der Waals surface area contributed by atoms with Gasteiger partial charge in [-0.2, -0.15) is 0 Å². The van der Waals surface area contributed by atoms with Crippen molar-refractivity contribution >= 4 is 17.7 Å². The fourth-order valence-electron chi connectivity index (χ4n) is 10.8. The summed E-state index contributed by atoms with van der Waals surface area (Å²) in [6.45, 7) is -1.75. The summed E-state index contributed by atoms with van der Waals surface area (Å²) in [6.07, 6.45) is -43.9. The van der Waals surface area contributed by atoms with E-state index in [0.29, 0.717) is 0 Å². The molecule has 7 aliphatic rings. The minimum absolute atomic E-state index is 0.0426. The van der Waals surface area contributed by atoms with Crippen LogP contribution in [0.15, 0.2) is 102 Å². The van der Waals surface area contributed by atoms with E-state index in [-0.39, 0.29) is 39.5 Å². The predicted molar refractivity (Wildman–Crippen MR) is 299 cm³/mol. The van der Waals surface area contributed by atoms with Crippen LogP contribution < -0.4 is 4.74 Å². The number of ether oxygens (including phenoxy) is 13. The second-order valence-electron chi connectivity index (χ2n) is 22.8. The van der Waals surface area contributed by atoms with Gasteiger partial charge in [-0.25, -0.2) is 9.59 Å². The van der Waals surface area contributed by atoms with E-state index in [1.54, 1.807) is 0 Å². The molecule has 3 aromatic carbocycles. The molecule has 6 heterocycles. The Bertz CT molecular complexity index is 3240. The van der Waals surface area contributed by atoms with Crippen molar-refractivity contribution in [3.63, 3.8) is 0 Å². The van der Waals surface area contributed by atoms with Crippen LogP contribution in [0.3, 0.4) is 0 Å². The monoisotopic (exact) mass is 1340 g/mol. The number of rotatable bonds is 19. The average Bonchev–Trinajstić information content (AvgIpc) is 0.767. The quantitative estimate of drug-likeness (QED) is 0.0392.